The maximum absolute atomic E-state index is 5.28. The summed E-state index contributed by atoms with van der Waals surface area (Å²) >= 11 is 0. The molecule has 0 spiro atoms. The van der Waals surface area contributed by atoms with Crippen molar-refractivity contribution in [2.45, 2.75) is 0 Å². The zero-order valence-corrected chi connectivity index (χ0v) is 26.8. The second kappa shape index (κ2) is 11.4. The van der Waals surface area contributed by atoms with E-state index in [0.717, 1.165) is 56.3 Å². The summed E-state index contributed by atoms with van der Waals surface area (Å²) in [7, 11) is 0. The van der Waals surface area contributed by atoms with Crippen LogP contribution in [0.3, 0.4) is 0 Å². The third kappa shape index (κ3) is 4.50. The normalized spacial score (nSPS) is 12.0. The van der Waals surface area contributed by atoms with Crippen molar-refractivity contribution in [3.8, 4) is 51.0 Å². The molecule has 9 aromatic rings. The molecule has 0 fully saturated rings. The first-order chi connectivity index (χ1) is 24.8. The lowest BCUT2D eigenvalue weighted by Gasteiger charge is -2.25. The molecule has 3 heterocycles. The van der Waals surface area contributed by atoms with E-state index in [-0.39, 0.29) is 0 Å². The number of hydrogen-bond acceptors (Lipinski definition) is 5. The van der Waals surface area contributed by atoms with Gasteiger partial charge < -0.3 is 0 Å². The van der Waals surface area contributed by atoms with Gasteiger partial charge in [0.2, 0.25) is 5.95 Å². The van der Waals surface area contributed by atoms with E-state index in [1.807, 2.05) is 66.7 Å². The van der Waals surface area contributed by atoms with Crippen molar-refractivity contribution in [1.82, 2.24) is 24.5 Å². The zero-order valence-electron chi connectivity index (χ0n) is 26.8. The van der Waals surface area contributed by atoms with Gasteiger partial charge in [0.25, 0.3) is 0 Å². The van der Waals surface area contributed by atoms with Crippen LogP contribution in [0.4, 0.5) is 17.3 Å². The maximum atomic E-state index is 5.28. The van der Waals surface area contributed by atoms with Gasteiger partial charge in [0.1, 0.15) is 0 Å². The molecule has 0 amide bonds. The number of anilines is 3. The van der Waals surface area contributed by atoms with Gasteiger partial charge in [0, 0.05) is 33.5 Å². The van der Waals surface area contributed by atoms with Crippen LogP contribution in [0, 0.1) is 0 Å². The van der Waals surface area contributed by atoms with E-state index in [1.165, 1.54) is 16.3 Å². The molecule has 0 atom stereocenters. The smallest absolute Gasteiger partial charge is 0.220 e. The summed E-state index contributed by atoms with van der Waals surface area (Å²) < 4.78 is 2.29. The Balaban J connectivity index is 1.18. The lowest BCUT2D eigenvalue weighted by molar-refractivity contribution is 1.05. The molecule has 2 aromatic heterocycles. The Morgan fingerprint density at radius 1 is 0.400 bits per heavy atom. The number of benzene rings is 7. The highest BCUT2D eigenvalue weighted by Gasteiger charge is 2.30. The second-order valence-corrected chi connectivity index (χ2v) is 12.4. The zero-order chi connectivity index (χ0) is 33.0. The third-order valence-electron chi connectivity index (χ3n) is 9.39. The maximum Gasteiger partial charge on any atom is 0.220 e. The van der Waals surface area contributed by atoms with Gasteiger partial charge in [-0.25, -0.2) is 19.9 Å². The fraction of sp³-hybridized carbons (Fsp3) is 0. The van der Waals surface area contributed by atoms with Crippen molar-refractivity contribution >= 4 is 39.1 Å². The fourth-order valence-electron chi connectivity index (χ4n) is 7.07. The first-order valence-corrected chi connectivity index (χ1v) is 16.7. The van der Waals surface area contributed by atoms with Gasteiger partial charge >= 0.3 is 0 Å². The molecule has 6 nitrogen and oxygen atoms in total. The highest BCUT2D eigenvalue weighted by molar-refractivity contribution is 6.08. The Hall–Kier alpha value is -6.92. The van der Waals surface area contributed by atoms with Crippen molar-refractivity contribution < 1.29 is 0 Å². The molecular weight excluding hydrogens is 613 g/mol. The highest BCUT2D eigenvalue weighted by atomic mass is 15.3. The van der Waals surface area contributed by atoms with Crippen molar-refractivity contribution in [1.29, 1.82) is 0 Å². The van der Waals surface area contributed by atoms with E-state index in [2.05, 4.69) is 113 Å². The molecule has 1 aliphatic heterocycles. The van der Waals surface area contributed by atoms with E-state index >= 15 is 0 Å². The Bertz CT molecular complexity index is 2640. The molecule has 7 aromatic carbocycles. The van der Waals surface area contributed by atoms with Crippen molar-refractivity contribution in [3.63, 3.8) is 0 Å². The van der Waals surface area contributed by atoms with Crippen LogP contribution in [0.1, 0.15) is 0 Å². The summed E-state index contributed by atoms with van der Waals surface area (Å²) in [6.07, 6.45) is 0. The number of rotatable bonds is 4. The minimum absolute atomic E-state index is 0.617. The Labute approximate surface area is 288 Å². The van der Waals surface area contributed by atoms with Crippen molar-refractivity contribution in [3.05, 3.63) is 170 Å². The van der Waals surface area contributed by atoms with Crippen LogP contribution in [0.15, 0.2) is 170 Å². The Morgan fingerprint density at radius 3 is 1.70 bits per heavy atom. The fourth-order valence-corrected chi connectivity index (χ4v) is 7.07. The molecule has 0 saturated heterocycles. The van der Waals surface area contributed by atoms with Gasteiger partial charge in [-0.3, -0.25) is 9.47 Å². The lowest BCUT2D eigenvalue weighted by Crippen LogP contribution is -2.14. The van der Waals surface area contributed by atoms with E-state index in [1.54, 1.807) is 0 Å². The molecule has 0 N–H and O–H groups in total. The van der Waals surface area contributed by atoms with E-state index in [4.69, 9.17) is 19.9 Å². The van der Waals surface area contributed by atoms with Gasteiger partial charge in [-0.1, -0.05) is 121 Å². The van der Waals surface area contributed by atoms with Gasteiger partial charge in [-0.05, 0) is 59.3 Å². The molecule has 234 valence electrons. The number of aromatic nitrogens is 5. The molecule has 0 aliphatic carbocycles. The standard InChI is InChI=1S/C44H28N6/c1-3-14-30(15-4-1)41-46-42(31-16-5-2-6-17-31)48-43(47-41)32-23-26-33(27-24-32)49-39-28-25-29-13-7-8-18-34(29)40(39)35-19-9-11-21-37(35)50-38-22-12-10-20-36(38)45-44(49)50/h1-28H. The third-order valence-corrected chi connectivity index (χ3v) is 9.39. The molecule has 50 heavy (non-hydrogen) atoms. The van der Waals surface area contributed by atoms with E-state index in [0.29, 0.717) is 17.5 Å². The SMILES string of the molecule is c1ccc(-c2nc(-c3ccccc3)nc(-c3ccc(N4c5ccc6ccccc6c5-c5ccccc5-n5c4nc4ccccc45)cc3)n2)cc1. The minimum atomic E-state index is 0.617. The predicted octanol–water partition coefficient (Wildman–Crippen LogP) is 10.8. The second-order valence-electron chi connectivity index (χ2n) is 12.4. The van der Waals surface area contributed by atoms with Crippen LogP contribution in [0.5, 0.6) is 0 Å². The molecule has 0 radical (unpaired) electrons. The summed E-state index contributed by atoms with van der Waals surface area (Å²) in [6, 6.07) is 58.6. The quantitative estimate of drug-likeness (QED) is 0.192. The molecule has 10 rings (SSSR count). The monoisotopic (exact) mass is 640 g/mol. The van der Waals surface area contributed by atoms with Crippen molar-refractivity contribution in [2.75, 3.05) is 4.90 Å². The largest absolute Gasteiger partial charge is 0.280 e. The van der Waals surface area contributed by atoms with Crippen molar-refractivity contribution in [2.24, 2.45) is 0 Å². The van der Waals surface area contributed by atoms with Crippen LogP contribution in [-0.4, -0.2) is 24.5 Å². The summed E-state index contributed by atoms with van der Waals surface area (Å²) in [4.78, 5) is 22.4. The first-order valence-electron chi connectivity index (χ1n) is 16.7. The van der Waals surface area contributed by atoms with E-state index in [9.17, 15) is 0 Å². The summed E-state index contributed by atoms with van der Waals surface area (Å²) in [5, 5.41) is 2.39. The Morgan fingerprint density at radius 2 is 0.980 bits per heavy atom. The van der Waals surface area contributed by atoms with Gasteiger partial charge in [0.15, 0.2) is 17.5 Å². The molecule has 0 bridgehead atoms. The molecular formula is C44H28N6. The van der Waals surface area contributed by atoms with E-state index < -0.39 is 0 Å². The van der Waals surface area contributed by atoms with Gasteiger partial charge in [0.05, 0.1) is 22.4 Å². The van der Waals surface area contributed by atoms with Crippen LogP contribution in [0.25, 0.3) is 72.8 Å². The first kappa shape index (κ1) is 28.1. The average Bonchev–Trinajstić information content (AvgIpc) is 3.52. The summed E-state index contributed by atoms with van der Waals surface area (Å²) in [6.45, 7) is 0. The number of fused-ring (bicyclic) bond motifs is 9. The number of hydrogen-bond donors (Lipinski definition) is 0. The summed E-state index contributed by atoms with van der Waals surface area (Å²) in [5.74, 6) is 2.72. The molecule has 0 unspecified atom stereocenters. The average molecular weight is 641 g/mol. The number of imidazole rings is 1. The Kier molecular flexibility index (Phi) is 6.39. The van der Waals surface area contributed by atoms with Crippen LogP contribution in [0.2, 0.25) is 0 Å². The minimum Gasteiger partial charge on any atom is -0.280 e. The number of nitrogens with zero attached hydrogens (tertiary/aromatic N) is 6. The predicted molar refractivity (Wildman–Crippen MR) is 202 cm³/mol. The van der Waals surface area contributed by atoms with Crippen LogP contribution < -0.4 is 4.90 Å². The highest BCUT2D eigenvalue weighted by Crippen LogP contribution is 2.50. The topological polar surface area (TPSA) is 59.7 Å². The summed E-state index contributed by atoms with van der Waals surface area (Å²) in [5.41, 5.74) is 10.3. The van der Waals surface area contributed by atoms with Crippen LogP contribution >= 0.6 is 0 Å². The number of para-hydroxylation sites is 3. The molecule has 6 heteroatoms. The van der Waals surface area contributed by atoms with Gasteiger partial charge in [-0.15, -0.1) is 0 Å². The van der Waals surface area contributed by atoms with Crippen LogP contribution in [-0.2, 0) is 0 Å². The van der Waals surface area contributed by atoms with Gasteiger partial charge in [-0.2, -0.15) is 0 Å². The lowest BCUT2D eigenvalue weighted by atomic mass is 9.94. The molecule has 1 aliphatic rings. The molecule has 0 saturated carbocycles.